The van der Waals surface area contributed by atoms with Crippen molar-refractivity contribution in [2.24, 2.45) is 11.8 Å². The molecular weight excluding hydrogens is 473 g/mol. The first-order valence-electron chi connectivity index (χ1n) is 11.7. The Balaban J connectivity index is 1.49. The van der Waals surface area contributed by atoms with Gasteiger partial charge in [-0.15, -0.1) is 23.2 Å². The van der Waals surface area contributed by atoms with Gasteiger partial charge in [0.05, 0.1) is 12.6 Å². The maximum atomic E-state index is 12.8. The largest absolute Gasteiger partial charge is 0.380 e. The molecule has 3 aliphatic rings. The summed E-state index contributed by atoms with van der Waals surface area (Å²) < 4.78 is 31.6. The third-order valence-corrected chi connectivity index (χ3v) is 9.37. The molecule has 3 rings (SSSR count). The Morgan fingerprint density at radius 1 is 1.16 bits per heavy atom. The Kier molecular flexibility index (Phi) is 9.71. The molecule has 0 aromatic heterocycles. The molecule has 10 heteroatoms. The molecule has 2 aliphatic carbocycles. The highest BCUT2D eigenvalue weighted by Crippen LogP contribution is 2.42. The van der Waals surface area contributed by atoms with Crippen molar-refractivity contribution in [3.8, 4) is 0 Å². The van der Waals surface area contributed by atoms with Crippen LogP contribution in [0.25, 0.3) is 0 Å². The van der Waals surface area contributed by atoms with E-state index in [0.717, 1.165) is 37.5 Å². The van der Waals surface area contributed by atoms with Crippen LogP contribution in [0.1, 0.15) is 51.4 Å². The zero-order valence-electron chi connectivity index (χ0n) is 18.8. The van der Waals surface area contributed by atoms with Crippen LogP contribution in [0.4, 0.5) is 0 Å². The van der Waals surface area contributed by atoms with Crippen molar-refractivity contribution in [2.45, 2.75) is 80.3 Å². The highest BCUT2D eigenvalue weighted by Gasteiger charge is 2.41. The van der Waals surface area contributed by atoms with Crippen molar-refractivity contribution >= 4 is 39.1 Å². The average Bonchev–Trinajstić information content (AvgIpc) is 2.78. The van der Waals surface area contributed by atoms with Gasteiger partial charge < -0.3 is 15.0 Å². The van der Waals surface area contributed by atoms with E-state index >= 15 is 0 Å². The van der Waals surface area contributed by atoms with Gasteiger partial charge in [-0.25, -0.2) is 13.1 Å². The molecule has 1 saturated heterocycles. The lowest BCUT2D eigenvalue weighted by molar-refractivity contribution is -0.131. The Labute approximate surface area is 202 Å². The quantitative estimate of drug-likeness (QED) is 0.491. The normalized spacial score (nSPS) is 34.9. The summed E-state index contributed by atoms with van der Waals surface area (Å²) in [5.74, 6) is 0.948. The molecule has 3 fully saturated rings. The molecule has 1 amide bonds. The molecule has 1 aliphatic heterocycles. The second kappa shape index (κ2) is 11.8. The van der Waals surface area contributed by atoms with E-state index in [4.69, 9.17) is 27.9 Å². The second-order valence-corrected chi connectivity index (χ2v) is 12.3. The van der Waals surface area contributed by atoms with Crippen LogP contribution in [-0.2, 0) is 19.6 Å². The molecule has 6 unspecified atom stereocenters. The van der Waals surface area contributed by atoms with Gasteiger partial charge >= 0.3 is 0 Å². The standard InChI is InChI=1S/C22H37Cl2N3O4S/c1-3-32(29,30)26-17-7-9-27(10-8-17)22(28)14-25-20-12-18(19(24)13-21(20)31-2)15-5-4-6-16(23)11-15/h3,15-21,25-26H,1,4-14H2,2H3. The monoisotopic (exact) mass is 509 g/mol. The van der Waals surface area contributed by atoms with E-state index in [1.165, 1.54) is 6.42 Å². The SMILES string of the molecule is C=CS(=O)(=O)NC1CCN(C(=O)CNC2CC(C3CCCC(Cl)C3)C(Cl)CC2OC)CC1. The summed E-state index contributed by atoms with van der Waals surface area (Å²) in [5.41, 5.74) is 0. The number of methoxy groups -OCH3 is 1. The molecule has 0 bridgehead atoms. The van der Waals surface area contributed by atoms with Crippen LogP contribution in [-0.4, -0.2) is 74.9 Å². The summed E-state index contributed by atoms with van der Waals surface area (Å²) in [4.78, 5) is 14.6. The van der Waals surface area contributed by atoms with E-state index in [0.29, 0.717) is 37.8 Å². The third-order valence-electron chi connectivity index (χ3n) is 7.37. The number of sulfonamides is 1. The molecule has 2 N–H and O–H groups in total. The van der Waals surface area contributed by atoms with Crippen molar-refractivity contribution in [3.05, 3.63) is 12.0 Å². The van der Waals surface area contributed by atoms with Crippen LogP contribution in [0.2, 0.25) is 0 Å². The fraction of sp³-hybridized carbons (Fsp3) is 0.864. The Morgan fingerprint density at radius 3 is 2.50 bits per heavy atom. The predicted molar refractivity (Wildman–Crippen MR) is 128 cm³/mol. The van der Waals surface area contributed by atoms with E-state index < -0.39 is 10.0 Å². The number of amides is 1. The summed E-state index contributed by atoms with van der Waals surface area (Å²) in [5, 5.41) is 4.68. The van der Waals surface area contributed by atoms with Crippen LogP contribution in [0.3, 0.4) is 0 Å². The highest BCUT2D eigenvalue weighted by molar-refractivity contribution is 7.92. The molecule has 2 saturated carbocycles. The molecule has 1 heterocycles. The van der Waals surface area contributed by atoms with E-state index in [2.05, 4.69) is 16.6 Å². The number of piperidine rings is 1. The van der Waals surface area contributed by atoms with Crippen LogP contribution in [0, 0.1) is 11.8 Å². The minimum atomic E-state index is -3.45. The van der Waals surface area contributed by atoms with Crippen molar-refractivity contribution in [1.82, 2.24) is 14.9 Å². The van der Waals surface area contributed by atoms with Gasteiger partial charge in [-0.1, -0.05) is 19.4 Å². The van der Waals surface area contributed by atoms with Crippen molar-refractivity contribution in [3.63, 3.8) is 0 Å². The van der Waals surface area contributed by atoms with E-state index in [1.54, 1.807) is 12.0 Å². The van der Waals surface area contributed by atoms with Gasteiger partial charge in [0.1, 0.15) is 0 Å². The average molecular weight is 511 g/mol. The Bertz CT molecular complexity index is 745. The smallest absolute Gasteiger partial charge is 0.236 e. The number of carbonyl (C=O) groups is 1. The maximum Gasteiger partial charge on any atom is 0.236 e. The van der Waals surface area contributed by atoms with Gasteiger partial charge in [-0.3, -0.25) is 4.79 Å². The number of hydrogen-bond acceptors (Lipinski definition) is 5. The molecule has 184 valence electrons. The maximum absolute atomic E-state index is 12.8. The Morgan fingerprint density at radius 2 is 1.88 bits per heavy atom. The summed E-state index contributed by atoms with van der Waals surface area (Å²) >= 11 is 13.2. The first-order valence-corrected chi connectivity index (χ1v) is 14.1. The minimum absolute atomic E-state index is 0.0176. The number of carbonyl (C=O) groups excluding carboxylic acids is 1. The van der Waals surface area contributed by atoms with Crippen LogP contribution < -0.4 is 10.0 Å². The number of alkyl halides is 2. The van der Waals surface area contributed by atoms with E-state index in [1.807, 2.05) is 0 Å². The molecule has 0 radical (unpaired) electrons. The molecule has 0 aromatic carbocycles. The minimum Gasteiger partial charge on any atom is -0.380 e. The summed E-state index contributed by atoms with van der Waals surface area (Å²) in [6.45, 7) is 4.64. The van der Waals surface area contributed by atoms with Crippen LogP contribution >= 0.6 is 23.2 Å². The molecule has 7 nitrogen and oxygen atoms in total. The summed E-state index contributed by atoms with van der Waals surface area (Å²) in [7, 11) is -1.74. The van der Waals surface area contributed by atoms with Crippen LogP contribution in [0.15, 0.2) is 12.0 Å². The summed E-state index contributed by atoms with van der Waals surface area (Å²) in [6, 6.07) is -0.0783. The van der Waals surface area contributed by atoms with Crippen LogP contribution in [0.5, 0.6) is 0 Å². The van der Waals surface area contributed by atoms with Crippen molar-refractivity contribution in [2.75, 3.05) is 26.7 Å². The zero-order chi connectivity index (χ0) is 23.3. The number of hydrogen-bond donors (Lipinski definition) is 2. The van der Waals surface area contributed by atoms with Gasteiger partial charge in [0, 0.05) is 48.4 Å². The molecule has 32 heavy (non-hydrogen) atoms. The van der Waals surface area contributed by atoms with Gasteiger partial charge in [-0.05, 0) is 50.4 Å². The fourth-order valence-corrected chi connectivity index (χ4v) is 7.19. The Hall–Kier alpha value is -0.380. The number of likely N-dealkylation sites (tertiary alicyclic amines) is 1. The molecule has 6 atom stereocenters. The van der Waals surface area contributed by atoms with Gasteiger partial charge in [0.2, 0.25) is 15.9 Å². The van der Waals surface area contributed by atoms with Crippen molar-refractivity contribution in [1.29, 1.82) is 0 Å². The summed E-state index contributed by atoms with van der Waals surface area (Å²) in [6.07, 6.45) is 7.26. The lowest BCUT2D eigenvalue weighted by Gasteiger charge is -2.44. The number of nitrogens with zero attached hydrogens (tertiary/aromatic N) is 1. The first-order chi connectivity index (χ1) is 15.2. The number of ether oxygens (including phenoxy) is 1. The van der Waals surface area contributed by atoms with E-state index in [-0.39, 0.29) is 41.4 Å². The van der Waals surface area contributed by atoms with Gasteiger partial charge in [0.15, 0.2) is 0 Å². The first kappa shape index (κ1) is 26.2. The lowest BCUT2D eigenvalue weighted by atomic mass is 9.71. The fourth-order valence-electron chi connectivity index (χ4n) is 5.53. The topological polar surface area (TPSA) is 87.7 Å². The second-order valence-electron chi connectivity index (χ2n) is 9.42. The number of rotatable bonds is 8. The van der Waals surface area contributed by atoms with Gasteiger partial charge in [-0.2, -0.15) is 0 Å². The zero-order valence-corrected chi connectivity index (χ0v) is 21.2. The molecular formula is C22H37Cl2N3O4S. The number of nitrogens with one attached hydrogen (secondary N) is 2. The molecule has 0 spiro atoms. The highest BCUT2D eigenvalue weighted by atomic mass is 35.5. The van der Waals surface area contributed by atoms with Gasteiger partial charge in [0.25, 0.3) is 0 Å². The predicted octanol–water partition coefficient (Wildman–Crippen LogP) is 2.83. The third kappa shape index (κ3) is 7.06. The van der Waals surface area contributed by atoms with E-state index in [9.17, 15) is 13.2 Å². The number of halogens is 2. The van der Waals surface area contributed by atoms with Crippen molar-refractivity contribution < 1.29 is 17.9 Å². The molecule has 0 aromatic rings. The lowest BCUT2D eigenvalue weighted by Crippen LogP contribution is -2.54.